The van der Waals surface area contributed by atoms with Gasteiger partial charge in [-0.1, -0.05) is 0 Å². The predicted molar refractivity (Wildman–Crippen MR) is 87.2 cm³/mol. The van der Waals surface area contributed by atoms with Gasteiger partial charge in [0.2, 0.25) is 0 Å². The first-order chi connectivity index (χ1) is 10.2. The largest absolute Gasteiger partial charge is 0.497 e. The van der Waals surface area contributed by atoms with E-state index < -0.39 is 0 Å². The van der Waals surface area contributed by atoms with E-state index in [-0.39, 0.29) is 5.56 Å². The molecule has 5 nitrogen and oxygen atoms in total. The molecule has 0 aliphatic heterocycles. The number of hydrogen-bond acceptors (Lipinski definition) is 6. The molecule has 0 radical (unpaired) electrons. The van der Waals surface area contributed by atoms with Crippen molar-refractivity contribution in [1.82, 2.24) is 9.97 Å². The first-order valence-corrected chi connectivity index (χ1v) is 8.06. The number of ether oxygens (including phenoxy) is 1. The average molecular weight is 319 g/mol. The summed E-state index contributed by atoms with van der Waals surface area (Å²) in [6.45, 7) is 0. The van der Waals surface area contributed by atoms with Crippen LogP contribution in [0.25, 0.3) is 10.2 Å². The molecular weight excluding hydrogens is 306 g/mol. The van der Waals surface area contributed by atoms with Crippen LogP contribution in [0.3, 0.4) is 0 Å². The molecule has 1 aromatic carbocycles. The Balaban J connectivity index is 1.84. The number of rotatable bonds is 4. The van der Waals surface area contributed by atoms with Gasteiger partial charge >= 0.3 is 0 Å². The first-order valence-electron chi connectivity index (χ1n) is 6.20. The SMILES string of the molecule is COc1ccc(N)c(SCc2nc3ccsc3c(=O)[nH]2)c1. The Morgan fingerprint density at radius 3 is 3.10 bits per heavy atom. The molecule has 0 amide bonds. The zero-order chi connectivity index (χ0) is 14.8. The van der Waals surface area contributed by atoms with Crippen molar-refractivity contribution in [3.05, 3.63) is 45.8 Å². The van der Waals surface area contributed by atoms with Gasteiger partial charge in [-0.05, 0) is 29.6 Å². The quantitative estimate of drug-likeness (QED) is 0.571. The maximum Gasteiger partial charge on any atom is 0.268 e. The number of methoxy groups -OCH3 is 1. The van der Waals surface area contributed by atoms with E-state index in [4.69, 9.17) is 10.5 Å². The van der Waals surface area contributed by atoms with Crippen molar-refractivity contribution in [2.75, 3.05) is 12.8 Å². The fourth-order valence-electron chi connectivity index (χ4n) is 1.90. The van der Waals surface area contributed by atoms with E-state index in [0.717, 1.165) is 16.2 Å². The van der Waals surface area contributed by atoms with Crippen LogP contribution in [0.2, 0.25) is 0 Å². The standard InChI is InChI=1S/C14H13N3O2S2/c1-19-8-2-3-9(15)11(6-8)21-7-12-16-10-4-5-20-13(10)14(18)17-12/h2-6H,7,15H2,1H3,(H,16,17,18). The monoisotopic (exact) mass is 319 g/mol. The number of nitrogens with two attached hydrogens (primary N) is 1. The highest BCUT2D eigenvalue weighted by atomic mass is 32.2. The Labute approximate surface area is 129 Å². The molecule has 0 fully saturated rings. The van der Waals surface area contributed by atoms with Gasteiger partial charge in [-0.2, -0.15) is 0 Å². The number of nitrogens with one attached hydrogen (secondary N) is 1. The van der Waals surface area contributed by atoms with Crippen LogP contribution in [-0.2, 0) is 5.75 Å². The van der Waals surface area contributed by atoms with Crippen molar-refractivity contribution in [3.63, 3.8) is 0 Å². The van der Waals surface area contributed by atoms with Crippen LogP contribution in [0.1, 0.15) is 5.82 Å². The summed E-state index contributed by atoms with van der Waals surface area (Å²) in [7, 11) is 1.61. The molecule has 0 atom stereocenters. The van der Waals surface area contributed by atoms with E-state index in [9.17, 15) is 4.79 Å². The van der Waals surface area contributed by atoms with Crippen molar-refractivity contribution in [2.45, 2.75) is 10.6 Å². The Bertz CT molecular complexity index is 842. The highest BCUT2D eigenvalue weighted by Crippen LogP contribution is 2.30. The van der Waals surface area contributed by atoms with E-state index in [0.29, 0.717) is 22.0 Å². The summed E-state index contributed by atoms with van der Waals surface area (Å²) in [5.41, 5.74) is 7.27. The molecule has 0 saturated heterocycles. The molecule has 2 heterocycles. The molecule has 0 saturated carbocycles. The molecule has 0 bridgehead atoms. The van der Waals surface area contributed by atoms with Crippen LogP contribution in [0.4, 0.5) is 5.69 Å². The Morgan fingerprint density at radius 1 is 1.43 bits per heavy atom. The molecule has 0 unspecified atom stereocenters. The maximum atomic E-state index is 11.9. The zero-order valence-electron chi connectivity index (χ0n) is 11.3. The summed E-state index contributed by atoms with van der Waals surface area (Å²) >= 11 is 2.91. The lowest BCUT2D eigenvalue weighted by atomic mass is 10.3. The van der Waals surface area contributed by atoms with E-state index in [1.54, 1.807) is 13.2 Å². The summed E-state index contributed by atoms with van der Waals surface area (Å²) in [5.74, 6) is 1.93. The van der Waals surface area contributed by atoms with E-state index in [1.807, 2.05) is 23.6 Å². The van der Waals surface area contributed by atoms with E-state index in [2.05, 4.69) is 9.97 Å². The minimum absolute atomic E-state index is 0.0933. The third-order valence-electron chi connectivity index (χ3n) is 2.95. The summed E-state index contributed by atoms with van der Waals surface area (Å²) in [6, 6.07) is 7.35. The molecule has 3 aromatic rings. The van der Waals surface area contributed by atoms with Crippen molar-refractivity contribution in [3.8, 4) is 5.75 Å². The summed E-state index contributed by atoms with van der Waals surface area (Å²) < 4.78 is 5.84. The number of thioether (sulfide) groups is 1. The van der Waals surface area contributed by atoms with Crippen molar-refractivity contribution < 1.29 is 4.74 Å². The van der Waals surface area contributed by atoms with Gasteiger partial charge in [-0.3, -0.25) is 4.79 Å². The highest BCUT2D eigenvalue weighted by Gasteiger charge is 2.07. The molecule has 0 aliphatic rings. The predicted octanol–water partition coefficient (Wildman–Crippen LogP) is 2.87. The molecule has 108 valence electrons. The van der Waals surface area contributed by atoms with Gasteiger partial charge in [0.05, 0.1) is 18.4 Å². The molecular formula is C14H13N3O2S2. The second-order valence-corrected chi connectivity index (χ2v) is 6.27. The normalized spacial score (nSPS) is 10.9. The number of fused-ring (bicyclic) bond motifs is 1. The number of nitrogen functional groups attached to an aromatic ring is 1. The second kappa shape index (κ2) is 5.79. The third kappa shape index (κ3) is 2.88. The van der Waals surface area contributed by atoms with Gasteiger partial charge < -0.3 is 15.5 Å². The lowest BCUT2D eigenvalue weighted by Gasteiger charge is -2.07. The number of aromatic amines is 1. The molecule has 3 N–H and O–H groups in total. The molecule has 0 aliphatic carbocycles. The minimum atomic E-state index is -0.0933. The molecule has 2 aromatic heterocycles. The maximum absolute atomic E-state index is 11.9. The Kier molecular flexibility index (Phi) is 3.85. The lowest BCUT2D eigenvalue weighted by Crippen LogP contribution is -2.09. The Hall–Kier alpha value is -1.99. The number of anilines is 1. The second-order valence-electron chi connectivity index (χ2n) is 4.34. The van der Waals surface area contributed by atoms with Crippen LogP contribution in [0.5, 0.6) is 5.75 Å². The molecule has 3 rings (SSSR count). The number of aromatic nitrogens is 2. The van der Waals surface area contributed by atoms with Gasteiger partial charge in [0.25, 0.3) is 5.56 Å². The van der Waals surface area contributed by atoms with Crippen molar-refractivity contribution >= 4 is 39.0 Å². The van der Waals surface area contributed by atoms with Gasteiger partial charge in [-0.15, -0.1) is 23.1 Å². The number of benzene rings is 1. The summed E-state index contributed by atoms with van der Waals surface area (Å²) in [4.78, 5) is 20.1. The topological polar surface area (TPSA) is 81.0 Å². The third-order valence-corrected chi connectivity index (χ3v) is 4.93. The van der Waals surface area contributed by atoms with Crippen molar-refractivity contribution in [2.24, 2.45) is 0 Å². The van der Waals surface area contributed by atoms with Gasteiger partial charge in [-0.25, -0.2) is 4.98 Å². The number of hydrogen-bond donors (Lipinski definition) is 2. The lowest BCUT2D eigenvalue weighted by molar-refractivity contribution is 0.414. The van der Waals surface area contributed by atoms with Gasteiger partial charge in [0.1, 0.15) is 16.3 Å². The first kappa shape index (κ1) is 14.0. The van der Waals surface area contributed by atoms with Crippen LogP contribution in [0, 0.1) is 0 Å². The molecule has 0 spiro atoms. The Morgan fingerprint density at radius 2 is 2.29 bits per heavy atom. The molecule has 7 heteroatoms. The van der Waals surface area contributed by atoms with Gasteiger partial charge in [0.15, 0.2) is 0 Å². The number of H-pyrrole nitrogens is 1. The molecule has 21 heavy (non-hydrogen) atoms. The highest BCUT2D eigenvalue weighted by molar-refractivity contribution is 7.98. The number of thiophene rings is 1. The van der Waals surface area contributed by atoms with Crippen molar-refractivity contribution in [1.29, 1.82) is 0 Å². The smallest absolute Gasteiger partial charge is 0.268 e. The zero-order valence-corrected chi connectivity index (χ0v) is 12.9. The summed E-state index contributed by atoms with van der Waals surface area (Å²) in [5, 5.41) is 1.86. The summed E-state index contributed by atoms with van der Waals surface area (Å²) in [6.07, 6.45) is 0. The van der Waals surface area contributed by atoms with Crippen LogP contribution < -0.4 is 16.0 Å². The fourth-order valence-corrected chi connectivity index (χ4v) is 3.49. The van der Waals surface area contributed by atoms with E-state index >= 15 is 0 Å². The van der Waals surface area contributed by atoms with E-state index in [1.165, 1.54) is 23.1 Å². The fraction of sp³-hybridized carbons (Fsp3) is 0.143. The van der Waals surface area contributed by atoms with Crippen LogP contribution in [-0.4, -0.2) is 17.1 Å². The van der Waals surface area contributed by atoms with Gasteiger partial charge in [0, 0.05) is 10.6 Å². The van der Waals surface area contributed by atoms with Crippen LogP contribution >= 0.6 is 23.1 Å². The van der Waals surface area contributed by atoms with Crippen LogP contribution in [0.15, 0.2) is 39.3 Å². The number of nitrogens with zero attached hydrogens (tertiary/aromatic N) is 1. The minimum Gasteiger partial charge on any atom is -0.497 e. The average Bonchev–Trinajstić information content (AvgIpc) is 2.95.